The molecule has 1 unspecified atom stereocenters. The summed E-state index contributed by atoms with van der Waals surface area (Å²) >= 11 is 0. The molecule has 1 saturated heterocycles. The Hall–Kier alpha value is -1.86. The second kappa shape index (κ2) is 6.14. The zero-order valence-electron chi connectivity index (χ0n) is 13.6. The van der Waals surface area contributed by atoms with Crippen molar-refractivity contribution in [2.45, 2.75) is 24.7 Å². The second-order valence-electron chi connectivity index (χ2n) is 6.59. The maximum atomic E-state index is 15.2. The molecule has 0 aromatic heterocycles. The molecule has 4 rings (SSSR count). The van der Waals surface area contributed by atoms with Gasteiger partial charge in [0, 0.05) is 38.4 Å². The van der Waals surface area contributed by atoms with Crippen molar-refractivity contribution in [3.8, 4) is 0 Å². The summed E-state index contributed by atoms with van der Waals surface area (Å²) in [7, 11) is 0. The molecule has 1 aromatic rings. The number of hydrogen-bond donors (Lipinski definition) is 1. The van der Waals surface area contributed by atoms with Crippen LogP contribution in [-0.2, 0) is 6.42 Å². The standard InChI is InChI=1S/C18H19F4N3/c19-17-13-6-9-24-10-7-23-11-15(24)12(13)4-5-14(17)25-8-2-1-3-16(25)18(20,21)22/h1-5,8,15-16,23H,6-7,9-11H2/t15-,16?/m0/s1. The van der Waals surface area contributed by atoms with Gasteiger partial charge in [-0.3, -0.25) is 4.90 Å². The first-order valence-electron chi connectivity index (χ1n) is 8.43. The van der Waals surface area contributed by atoms with Crippen LogP contribution in [0.1, 0.15) is 17.2 Å². The minimum Gasteiger partial charge on any atom is -0.330 e. The van der Waals surface area contributed by atoms with Gasteiger partial charge < -0.3 is 10.2 Å². The second-order valence-corrected chi connectivity index (χ2v) is 6.59. The quantitative estimate of drug-likeness (QED) is 0.783. The van der Waals surface area contributed by atoms with E-state index in [0.717, 1.165) is 42.7 Å². The van der Waals surface area contributed by atoms with Crippen LogP contribution in [0.25, 0.3) is 0 Å². The number of halogens is 4. The van der Waals surface area contributed by atoms with Gasteiger partial charge in [0.15, 0.2) is 0 Å². The summed E-state index contributed by atoms with van der Waals surface area (Å²) in [6.45, 7) is 3.29. The van der Waals surface area contributed by atoms with Crippen molar-refractivity contribution < 1.29 is 17.6 Å². The molecule has 0 bridgehead atoms. The predicted molar refractivity (Wildman–Crippen MR) is 87.9 cm³/mol. The minimum absolute atomic E-state index is 0.0149. The van der Waals surface area contributed by atoms with Crippen LogP contribution in [0.2, 0.25) is 0 Å². The lowest BCUT2D eigenvalue weighted by atomic mass is 9.90. The lowest BCUT2D eigenvalue weighted by Crippen LogP contribution is -2.49. The first-order chi connectivity index (χ1) is 12.0. The number of anilines is 1. The van der Waals surface area contributed by atoms with E-state index in [1.807, 2.05) is 0 Å². The lowest BCUT2D eigenvalue weighted by Gasteiger charge is -2.41. The number of allylic oxidation sites excluding steroid dienone is 2. The van der Waals surface area contributed by atoms with Crippen LogP contribution in [0.15, 0.2) is 36.6 Å². The van der Waals surface area contributed by atoms with E-state index in [-0.39, 0.29) is 11.7 Å². The van der Waals surface area contributed by atoms with Crippen molar-refractivity contribution in [2.75, 3.05) is 31.1 Å². The maximum absolute atomic E-state index is 15.2. The average molecular weight is 353 g/mol. The third-order valence-electron chi connectivity index (χ3n) is 5.19. The van der Waals surface area contributed by atoms with Crippen molar-refractivity contribution in [2.24, 2.45) is 0 Å². The number of benzene rings is 1. The van der Waals surface area contributed by atoms with Gasteiger partial charge in [0.1, 0.15) is 11.9 Å². The molecule has 25 heavy (non-hydrogen) atoms. The van der Waals surface area contributed by atoms with Gasteiger partial charge in [0.05, 0.1) is 5.69 Å². The third kappa shape index (κ3) is 2.85. The van der Waals surface area contributed by atoms with Crippen LogP contribution in [0.4, 0.5) is 23.2 Å². The molecule has 0 radical (unpaired) electrons. The lowest BCUT2D eigenvalue weighted by molar-refractivity contribution is -0.136. The molecule has 1 fully saturated rings. The van der Waals surface area contributed by atoms with Crippen LogP contribution in [0, 0.1) is 5.82 Å². The van der Waals surface area contributed by atoms with Crippen molar-refractivity contribution >= 4 is 5.69 Å². The van der Waals surface area contributed by atoms with Gasteiger partial charge in [-0.1, -0.05) is 18.2 Å². The molecule has 3 nitrogen and oxygen atoms in total. The molecular formula is C18H19F4N3. The summed E-state index contributed by atoms with van der Waals surface area (Å²) in [4.78, 5) is 3.28. The molecular weight excluding hydrogens is 334 g/mol. The smallest absolute Gasteiger partial charge is 0.330 e. The monoisotopic (exact) mass is 353 g/mol. The molecule has 0 aliphatic carbocycles. The Morgan fingerprint density at radius 1 is 1.12 bits per heavy atom. The van der Waals surface area contributed by atoms with Gasteiger partial charge in [0.2, 0.25) is 0 Å². The van der Waals surface area contributed by atoms with Crippen molar-refractivity contribution in [3.63, 3.8) is 0 Å². The minimum atomic E-state index is -4.46. The fraction of sp³-hybridized carbons (Fsp3) is 0.444. The first kappa shape index (κ1) is 16.6. The molecule has 0 amide bonds. The number of nitrogens with one attached hydrogen (secondary N) is 1. The van der Waals surface area contributed by atoms with Crippen LogP contribution in [0.5, 0.6) is 0 Å². The van der Waals surface area contributed by atoms with Crippen LogP contribution in [0.3, 0.4) is 0 Å². The van der Waals surface area contributed by atoms with Crippen LogP contribution in [-0.4, -0.2) is 43.3 Å². The van der Waals surface area contributed by atoms with E-state index >= 15 is 4.39 Å². The molecule has 3 aliphatic rings. The van der Waals surface area contributed by atoms with Gasteiger partial charge in [-0.2, -0.15) is 13.2 Å². The van der Waals surface area contributed by atoms with Crippen LogP contribution < -0.4 is 10.2 Å². The van der Waals surface area contributed by atoms with E-state index in [9.17, 15) is 13.2 Å². The Morgan fingerprint density at radius 2 is 1.96 bits per heavy atom. The number of alkyl halides is 3. The molecule has 0 saturated carbocycles. The fourth-order valence-corrected chi connectivity index (χ4v) is 3.96. The summed E-state index contributed by atoms with van der Waals surface area (Å²) in [6.07, 6.45) is 1.24. The van der Waals surface area contributed by atoms with Gasteiger partial charge in [-0.05, 0) is 29.7 Å². The van der Waals surface area contributed by atoms with Crippen molar-refractivity contribution in [3.05, 3.63) is 53.5 Å². The molecule has 1 N–H and O–H groups in total. The highest BCUT2D eigenvalue weighted by Crippen LogP contribution is 2.38. The SMILES string of the molecule is Fc1c(N2C=CC=CC2C(F)(F)F)ccc2c1CCN1CCNC[C@@H]21. The Kier molecular flexibility index (Phi) is 4.08. The van der Waals surface area contributed by atoms with E-state index in [2.05, 4.69) is 10.2 Å². The first-order valence-corrected chi connectivity index (χ1v) is 8.43. The summed E-state index contributed by atoms with van der Waals surface area (Å²) in [6, 6.07) is 1.52. The van der Waals surface area contributed by atoms with Gasteiger partial charge in [0.25, 0.3) is 0 Å². The third-order valence-corrected chi connectivity index (χ3v) is 5.19. The maximum Gasteiger partial charge on any atom is 0.412 e. The topological polar surface area (TPSA) is 18.5 Å². The van der Waals surface area contributed by atoms with Crippen molar-refractivity contribution in [1.29, 1.82) is 0 Å². The highest BCUT2D eigenvalue weighted by molar-refractivity contribution is 5.59. The summed E-state index contributed by atoms with van der Waals surface area (Å²) in [5, 5.41) is 3.31. The summed E-state index contributed by atoms with van der Waals surface area (Å²) in [5.41, 5.74) is 1.42. The number of piperazine rings is 1. The molecule has 0 spiro atoms. The fourth-order valence-electron chi connectivity index (χ4n) is 3.96. The average Bonchev–Trinajstić information content (AvgIpc) is 2.61. The van der Waals surface area contributed by atoms with Crippen LogP contribution >= 0.6 is 0 Å². The van der Waals surface area contributed by atoms with Gasteiger partial charge in [-0.25, -0.2) is 4.39 Å². The largest absolute Gasteiger partial charge is 0.412 e. The zero-order chi connectivity index (χ0) is 17.6. The predicted octanol–water partition coefficient (Wildman–Crippen LogP) is 3.15. The summed E-state index contributed by atoms with van der Waals surface area (Å²) in [5.74, 6) is -0.531. The number of nitrogens with zero attached hydrogens (tertiary/aromatic N) is 2. The van der Waals surface area contributed by atoms with Crippen molar-refractivity contribution in [1.82, 2.24) is 10.2 Å². The molecule has 3 aliphatic heterocycles. The molecule has 2 atom stereocenters. The van der Waals surface area contributed by atoms with E-state index in [0.29, 0.717) is 12.0 Å². The number of fused-ring (bicyclic) bond motifs is 3. The van der Waals surface area contributed by atoms with E-state index in [4.69, 9.17) is 0 Å². The number of rotatable bonds is 1. The Labute approximate surface area is 143 Å². The Morgan fingerprint density at radius 3 is 2.76 bits per heavy atom. The Balaban J connectivity index is 1.73. The summed E-state index contributed by atoms with van der Waals surface area (Å²) < 4.78 is 55.1. The molecule has 3 heterocycles. The normalized spacial score (nSPS) is 26.5. The highest BCUT2D eigenvalue weighted by atomic mass is 19.4. The van der Waals surface area contributed by atoms with Gasteiger partial charge >= 0.3 is 6.18 Å². The van der Waals surface area contributed by atoms with E-state index in [1.165, 1.54) is 24.4 Å². The van der Waals surface area contributed by atoms with E-state index < -0.39 is 18.0 Å². The Bertz CT molecular complexity index is 726. The molecule has 1 aromatic carbocycles. The van der Waals surface area contributed by atoms with E-state index in [1.54, 1.807) is 6.07 Å². The highest BCUT2D eigenvalue weighted by Gasteiger charge is 2.43. The molecule has 134 valence electrons. The van der Waals surface area contributed by atoms with Gasteiger partial charge in [-0.15, -0.1) is 0 Å². The zero-order valence-corrected chi connectivity index (χ0v) is 13.6. The number of hydrogen-bond acceptors (Lipinski definition) is 3. The molecule has 7 heteroatoms.